The number of rotatable bonds is 4. The van der Waals surface area contributed by atoms with Crippen LogP contribution >= 0.6 is 0 Å². The van der Waals surface area contributed by atoms with Crippen LogP contribution in [0.5, 0.6) is 0 Å². The van der Waals surface area contributed by atoms with Crippen molar-refractivity contribution in [1.29, 1.82) is 0 Å². The smallest absolute Gasteiger partial charge is 0.384 e. The van der Waals surface area contributed by atoms with Crippen LogP contribution in [0.4, 0.5) is 24.8 Å². The molecule has 0 aliphatic heterocycles. The van der Waals surface area contributed by atoms with Gasteiger partial charge in [-0.3, -0.25) is 4.98 Å². The highest BCUT2D eigenvalue weighted by molar-refractivity contribution is 5.47. The lowest BCUT2D eigenvalue weighted by Gasteiger charge is -2.23. The third kappa shape index (κ3) is 3.80. The summed E-state index contributed by atoms with van der Waals surface area (Å²) in [5.74, 6) is -1.29. The van der Waals surface area contributed by atoms with Crippen molar-refractivity contribution in [3.63, 3.8) is 0 Å². The van der Waals surface area contributed by atoms with Gasteiger partial charge < -0.3 is 10.6 Å². The number of halogens is 3. The molecule has 0 amide bonds. The lowest BCUT2D eigenvalue weighted by molar-refractivity contribution is -0.144. The number of pyridine rings is 1. The number of hydrogen-bond donors (Lipinski definition) is 1. The van der Waals surface area contributed by atoms with Gasteiger partial charge in [-0.25, -0.2) is 9.97 Å². The van der Waals surface area contributed by atoms with Gasteiger partial charge in [0.05, 0.1) is 0 Å². The van der Waals surface area contributed by atoms with E-state index in [4.69, 9.17) is 5.73 Å². The van der Waals surface area contributed by atoms with E-state index in [1.165, 1.54) is 6.07 Å². The Morgan fingerprint density at radius 3 is 2.43 bits per heavy atom. The van der Waals surface area contributed by atoms with Gasteiger partial charge in [0.1, 0.15) is 11.6 Å². The fraction of sp³-hybridized carbons (Fsp3) is 0.308. The Morgan fingerprint density at radius 1 is 1.19 bits per heavy atom. The summed E-state index contributed by atoms with van der Waals surface area (Å²) in [6, 6.07) is 4.91. The Kier molecular flexibility index (Phi) is 4.25. The SMILES string of the molecule is CCN(Cc1ccncc1)c1cc(N)nc(C(F)(F)F)n1. The third-order valence-electron chi connectivity index (χ3n) is 2.81. The van der Waals surface area contributed by atoms with Crippen molar-refractivity contribution in [2.75, 3.05) is 17.2 Å². The summed E-state index contributed by atoms with van der Waals surface area (Å²) in [5, 5.41) is 0. The number of nitrogens with two attached hydrogens (primary N) is 1. The normalized spacial score (nSPS) is 11.4. The average molecular weight is 297 g/mol. The minimum absolute atomic E-state index is 0.147. The van der Waals surface area contributed by atoms with Gasteiger partial charge in [0.25, 0.3) is 0 Å². The van der Waals surface area contributed by atoms with Gasteiger partial charge in [0.15, 0.2) is 0 Å². The van der Waals surface area contributed by atoms with Crippen LogP contribution in [-0.2, 0) is 12.7 Å². The molecular formula is C13H14F3N5. The zero-order chi connectivity index (χ0) is 15.5. The lowest BCUT2D eigenvalue weighted by atomic mass is 10.2. The molecule has 0 aliphatic carbocycles. The molecule has 5 nitrogen and oxygen atoms in total. The van der Waals surface area contributed by atoms with Crippen LogP contribution in [0.15, 0.2) is 30.6 Å². The number of aromatic nitrogens is 3. The van der Waals surface area contributed by atoms with Crippen molar-refractivity contribution in [2.45, 2.75) is 19.6 Å². The maximum atomic E-state index is 12.7. The summed E-state index contributed by atoms with van der Waals surface area (Å²) in [6.45, 7) is 2.72. The summed E-state index contributed by atoms with van der Waals surface area (Å²) < 4.78 is 38.2. The average Bonchev–Trinajstić information content (AvgIpc) is 2.44. The van der Waals surface area contributed by atoms with Crippen molar-refractivity contribution in [2.24, 2.45) is 0 Å². The van der Waals surface area contributed by atoms with E-state index in [0.29, 0.717) is 13.1 Å². The van der Waals surface area contributed by atoms with Gasteiger partial charge in [-0.2, -0.15) is 13.2 Å². The summed E-state index contributed by atoms with van der Waals surface area (Å²) in [4.78, 5) is 12.4. The predicted molar refractivity (Wildman–Crippen MR) is 72.4 cm³/mol. The van der Waals surface area contributed by atoms with Crippen LogP contribution in [0.25, 0.3) is 0 Å². The third-order valence-corrected chi connectivity index (χ3v) is 2.81. The molecule has 2 N–H and O–H groups in total. The summed E-state index contributed by atoms with van der Waals surface area (Å²) in [7, 11) is 0. The van der Waals surface area contributed by atoms with Crippen LogP contribution in [0.2, 0.25) is 0 Å². The topological polar surface area (TPSA) is 67.9 Å². The van der Waals surface area contributed by atoms with E-state index in [2.05, 4.69) is 15.0 Å². The molecule has 0 aliphatic rings. The van der Waals surface area contributed by atoms with Gasteiger partial charge >= 0.3 is 6.18 Å². The summed E-state index contributed by atoms with van der Waals surface area (Å²) >= 11 is 0. The first kappa shape index (κ1) is 15.0. The Hall–Kier alpha value is -2.38. The van der Waals surface area contributed by atoms with Crippen LogP contribution in [0.3, 0.4) is 0 Å². The Bertz CT molecular complexity index is 601. The zero-order valence-electron chi connectivity index (χ0n) is 11.3. The maximum Gasteiger partial charge on any atom is 0.451 e. The van der Waals surface area contributed by atoms with Crippen LogP contribution in [-0.4, -0.2) is 21.5 Å². The number of anilines is 2. The molecule has 8 heteroatoms. The van der Waals surface area contributed by atoms with E-state index >= 15 is 0 Å². The lowest BCUT2D eigenvalue weighted by Crippen LogP contribution is -2.25. The second-order valence-corrected chi connectivity index (χ2v) is 4.34. The second kappa shape index (κ2) is 5.94. The monoisotopic (exact) mass is 297 g/mol. The van der Waals surface area contributed by atoms with Crippen molar-refractivity contribution >= 4 is 11.6 Å². The van der Waals surface area contributed by atoms with E-state index in [-0.39, 0.29) is 11.6 Å². The molecule has 2 heterocycles. The number of nitrogen functional groups attached to an aromatic ring is 1. The molecule has 0 atom stereocenters. The molecule has 0 aromatic carbocycles. The fourth-order valence-corrected chi connectivity index (χ4v) is 1.80. The zero-order valence-corrected chi connectivity index (χ0v) is 11.3. The van der Waals surface area contributed by atoms with E-state index in [1.54, 1.807) is 29.4 Å². The second-order valence-electron chi connectivity index (χ2n) is 4.34. The summed E-state index contributed by atoms with van der Waals surface area (Å²) in [5.41, 5.74) is 6.37. The van der Waals surface area contributed by atoms with Crippen molar-refractivity contribution in [3.05, 3.63) is 42.0 Å². The van der Waals surface area contributed by atoms with Gasteiger partial charge in [-0.05, 0) is 24.6 Å². The van der Waals surface area contributed by atoms with Crippen LogP contribution < -0.4 is 10.6 Å². The molecule has 2 aromatic rings. The number of alkyl halides is 3. The molecule has 2 aromatic heterocycles. The first-order valence-corrected chi connectivity index (χ1v) is 6.25. The minimum Gasteiger partial charge on any atom is -0.384 e. The first-order valence-electron chi connectivity index (χ1n) is 6.25. The van der Waals surface area contributed by atoms with E-state index < -0.39 is 12.0 Å². The van der Waals surface area contributed by atoms with Crippen molar-refractivity contribution < 1.29 is 13.2 Å². The maximum absolute atomic E-state index is 12.7. The van der Waals surface area contributed by atoms with Gasteiger partial charge in [-0.15, -0.1) is 0 Å². The Balaban J connectivity index is 2.32. The Labute approximate surface area is 119 Å². The molecule has 0 saturated carbocycles. The molecule has 112 valence electrons. The molecule has 0 saturated heterocycles. The quantitative estimate of drug-likeness (QED) is 0.939. The fourth-order valence-electron chi connectivity index (χ4n) is 1.80. The van der Waals surface area contributed by atoms with Crippen LogP contribution in [0.1, 0.15) is 18.3 Å². The molecular weight excluding hydrogens is 283 g/mol. The van der Waals surface area contributed by atoms with E-state index in [0.717, 1.165) is 5.56 Å². The summed E-state index contributed by atoms with van der Waals surface area (Å²) in [6.07, 6.45) is -1.38. The molecule has 0 unspecified atom stereocenters. The molecule has 0 radical (unpaired) electrons. The molecule has 21 heavy (non-hydrogen) atoms. The van der Waals surface area contributed by atoms with Crippen molar-refractivity contribution in [3.8, 4) is 0 Å². The van der Waals surface area contributed by atoms with E-state index in [9.17, 15) is 13.2 Å². The highest BCUT2D eigenvalue weighted by Gasteiger charge is 2.35. The van der Waals surface area contributed by atoms with Gasteiger partial charge in [0, 0.05) is 31.5 Å². The Morgan fingerprint density at radius 2 is 1.86 bits per heavy atom. The number of hydrogen-bond acceptors (Lipinski definition) is 5. The van der Waals surface area contributed by atoms with E-state index in [1.807, 2.05) is 6.92 Å². The van der Waals surface area contributed by atoms with Crippen molar-refractivity contribution in [1.82, 2.24) is 15.0 Å². The van der Waals surface area contributed by atoms with Gasteiger partial charge in [-0.1, -0.05) is 0 Å². The highest BCUT2D eigenvalue weighted by Crippen LogP contribution is 2.28. The minimum atomic E-state index is -4.62. The highest BCUT2D eigenvalue weighted by atomic mass is 19.4. The van der Waals surface area contributed by atoms with Crippen LogP contribution in [0, 0.1) is 0 Å². The largest absolute Gasteiger partial charge is 0.451 e. The molecule has 0 bridgehead atoms. The standard InChI is InChI=1S/C13H14F3N5/c1-2-21(8-9-3-5-18-6-4-9)11-7-10(17)19-12(20-11)13(14,15)16/h3-7H,2,8H2,1H3,(H2,17,19,20). The van der Waals surface area contributed by atoms with Gasteiger partial charge in [0.2, 0.25) is 5.82 Å². The number of nitrogens with zero attached hydrogens (tertiary/aromatic N) is 4. The predicted octanol–water partition coefficient (Wildman–Crippen LogP) is 2.50. The molecule has 0 fully saturated rings. The molecule has 2 rings (SSSR count). The first-order chi connectivity index (χ1) is 9.90. The molecule has 0 spiro atoms.